The molecule has 1 rings (SSSR count). The van der Waals surface area contributed by atoms with Crippen molar-refractivity contribution in [2.24, 2.45) is 0 Å². The lowest BCUT2D eigenvalue weighted by molar-refractivity contribution is -0.115. The average molecular weight is 278 g/mol. The summed E-state index contributed by atoms with van der Waals surface area (Å²) in [5.41, 5.74) is 1.73. The molecule has 20 heavy (non-hydrogen) atoms. The standard InChI is InChI=1S/C15H22N2O3/c1-5-20-14(19)16-10-13(18)17-12-9-7-6-8-11(12)15(2,3)4/h6-9H,5,10H2,1-4H3,(H,16,19)(H,17,18). The predicted octanol–water partition coefficient (Wildman–Crippen LogP) is 2.67. The van der Waals surface area contributed by atoms with Gasteiger partial charge in [0.1, 0.15) is 6.54 Å². The number of benzene rings is 1. The van der Waals surface area contributed by atoms with E-state index in [1.807, 2.05) is 24.3 Å². The first-order valence-electron chi connectivity index (χ1n) is 6.64. The molecule has 0 saturated carbocycles. The van der Waals surface area contributed by atoms with Crippen LogP contribution in [0.5, 0.6) is 0 Å². The minimum atomic E-state index is -0.591. The van der Waals surface area contributed by atoms with E-state index in [-0.39, 0.29) is 24.5 Å². The molecule has 5 nitrogen and oxygen atoms in total. The molecule has 0 spiro atoms. The average Bonchev–Trinajstić information content (AvgIpc) is 2.36. The van der Waals surface area contributed by atoms with Crippen LogP contribution in [-0.4, -0.2) is 25.2 Å². The second-order valence-electron chi connectivity index (χ2n) is 5.42. The molecule has 0 saturated heterocycles. The predicted molar refractivity (Wildman–Crippen MR) is 78.8 cm³/mol. The fourth-order valence-electron chi connectivity index (χ4n) is 1.78. The van der Waals surface area contributed by atoms with Crippen molar-refractivity contribution in [3.05, 3.63) is 29.8 Å². The van der Waals surface area contributed by atoms with Crippen molar-refractivity contribution in [3.63, 3.8) is 0 Å². The molecule has 1 aromatic carbocycles. The lowest BCUT2D eigenvalue weighted by Gasteiger charge is -2.23. The summed E-state index contributed by atoms with van der Waals surface area (Å²) in [5.74, 6) is -0.283. The van der Waals surface area contributed by atoms with Crippen LogP contribution in [0, 0.1) is 0 Å². The third kappa shape index (κ3) is 4.91. The molecule has 0 aromatic heterocycles. The molecule has 0 unspecified atom stereocenters. The number of rotatable bonds is 4. The normalized spacial score (nSPS) is 10.8. The Balaban J connectivity index is 2.65. The monoisotopic (exact) mass is 278 g/mol. The summed E-state index contributed by atoms with van der Waals surface area (Å²) in [6, 6.07) is 7.63. The van der Waals surface area contributed by atoms with E-state index in [0.29, 0.717) is 0 Å². The van der Waals surface area contributed by atoms with Crippen LogP contribution in [-0.2, 0) is 14.9 Å². The maximum Gasteiger partial charge on any atom is 0.407 e. The Morgan fingerprint density at radius 1 is 1.20 bits per heavy atom. The Hall–Kier alpha value is -2.04. The first kappa shape index (κ1) is 16.0. The Bertz CT molecular complexity index is 478. The molecule has 0 aliphatic carbocycles. The number of hydrogen-bond acceptors (Lipinski definition) is 3. The molecule has 0 aliphatic heterocycles. The number of ether oxygens (including phenoxy) is 1. The van der Waals surface area contributed by atoms with Gasteiger partial charge in [0.2, 0.25) is 5.91 Å². The van der Waals surface area contributed by atoms with Crippen LogP contribution in [0.15, 0.2) is 24.3 Å². The zero-order chi connectivity index (χ0) is 15.2. The van der Waals surface area contributed by atoms with Crippen LogP contribution >= 0.6 is 0 Å². The van der Waals surface area contributed by atoms with Crippen molar-refractivity contribution in [1.82, 2.24) is 5.32 Å². The highest BCUT2D eigenvalue weighted by atomic mass is 16.5. The van der Waals surface area contributed by atoms with E-state index in [1.54, 1.807) is 6.92 Å². The molecule has 5 heteroatoms. The number of anilines is 1. The largest absolute Gasteiger partial charge is 0.450 e. The van der Waals surface area contributed by atoms with E-state index in [9.17, 15) is 9.59 Å². The summed E-state index contributed by atoms with van der Waals surface area (Å²) in [7, 11) is 0. The van der Waals surface area contributed by atoms with Gasteiger partial charge in [0, 0.05) is 5.69 Å². The Labute approximate surface area is 119 Å². The van der Waals surface area contributed by atoms with Crippen LogP contribution in [0.25, 0.3) is 0 Å². The summed E-state index contributed by atoms with van der Waals surface area (Å²) < 4.78 is 4.69. The number of alkyl carbamates (subject to hydrolysis) is 1. The molecule has 1 aromatic rings. The molecule has 0 aliphatic rings. The van der Waals surface area contributed by atoms with Crippen molar-refractivity contribution in [1.29, 1.82) is 0 Å². The highest BCUT2D eigenvalue weighted by Crippen LogP contribution is 2.28. The van der Waals surface area contributed by atoms with Gasteiger partial charge < -0.3 is 15.4 Å². The minimum Gasteiger partial charge on any atom is -0.450 e. The first-order valence-corrected chi connectivity index (χ1v) is 6.64. The van der Waals surface area contributed by atoms with E-state index in [1.165, 1.54) is 0 Å². The summed E-state index contributed by atoms with van der Waals surface area (Å²) in [6.07, 6.45) is -0.591. The van der Waals surface area contributed by atoms with Crippen LogP contribution in [0.1, 0.15) is 33.3 Å². The van der Waals surface area contributed by atoms with Crippen LogP contribution < -0.4 is 10.6 Å². The summed E-state index contributed by atoms with van der Waals surface area (Å²) in [6.45, 7) is 8.11. The highest BCUT2D eigenvalue weighted by molar-refractivity contribution is 5.94. The Kier molecular flexibility index (Phi) is 5.55. The van der Waals surface area contributed by atoms with Gasteiger partial charge in [-0.1, -0.05) is 39.0 Å². The molecule has 110 valence electrons. The molecule has 0 heterocycles. The number of amides is 2. The van der Waals surface area contributed by atoms with Gasteiger partial charge in [-0.2, -0.15) is 0 Å². The van der Waals surface area contributed by atoms with Crippen molar-refractivity contribution in [3.8, 4) is 0 Å². The van der Waals surface area contributed by atoms with E-state index < -0.39 is 6.09 Å². The highest BCUT2D eigenvalue weighted by Gasteiger charge is 2.18. The number of para-hydroxylation sites is 1. The SMILES string of the molecule is CCOC(=O)NCC(=O)Nc1ccccc1C(C)(C)C. The number of hydrogen-bond donors (Lipinski definition) is 2. The van der Waals surface area contributed by atoms with E-state index in [2.05, 4.69) is 31.4 Å². The molecule has 0 atom stereocenters. The number of carbonyl (C=O) groups is 2. The van der Waals surface area contributed by atoms with Crippen molar-refractivity contribution < 1.29 is 14.3 Å². The Morgan fingerprint density at radius 2 is 1.85 bits per heavy atom. The van der Waals surface area contributed by atoms with E-state index >= 15 is 0 Å². The molecule has 2 amide bonds. The lowest BCUT2D eigenvalue weighted by Crippen LogP contribution is -2.33. The minimum absolute atomic E-state index is 0.0710. The molecule has 0 radical (unpaired) electrons. The van der Waals surface area contributed by atoms with Gasteiger partial charge in [0.15, 0.2) is 0 Å². The maximum atomic E-state index is 11.8. The lowest BCUT2D eigenvalue weighted by atomic mass is 9.86. The third-order valence-electron chi connectivity index (χ3n) is 2.68. The van der Waals surface area contributed by atoms with Crippen molar-refractivity contribution in [2.75, 3.05) is 18.5 Å². The van der Waals surface area contributed by atoms with E-state index in [0.717, 1.165) is 11.3 Å². The fraction of sp³-hybridized carbons (Fsp3) is 0.467. The zero-order valence-corrected chi connectivity index (χ0v) is 12.4. The van der Waals surface area contributed by atoms with E-state index in [4.69, 9.17) is 4.74 Å². The van der Waals surface area contributed by atoms with Gasteiger partial charge in [-0.25, -0.2) is 4.79 Å². The molecule has 2 N–H and O–H groups in total. The smallest absolute Gasteiger partial charge is 0.407 e. The summed E-state index contributed by atoms with van der Waals surface area (Å²) >= 11 is 0. The van der Waals surface area contributed by atoms with Gasteiger partial charge in [0.25, 0.3) is 0 Å². The zero-order valence-electron chi connectivity index (χ0n) is 12.4. The van der Waals surface area contributed by atoms with Gasteiger partial charge in [-0.05, 0) is 24.0 Å². The number of nitrogens with one attached hydrogen (secondary N) is 2. The topological polar surface area (TPSA) is 67.4 Å². The second-order valence-corrected chi connectivity index (χ2v) is 5.42. The van der Waals surface area contributed by atoms with Gasteiger partial charge >= 0.3 is 6.09 Å². The summed E-state index contributed by atoms with van der Waals surface area (Å²) in [5, 5.41) is 5.19. The van der Waals surface area contributed by atoms with Crippen molar-refractivity contribution >= 4 is 17.7 Å². The van der Waals surface area contributed by atoms with Gasteiger partial charge in [0.05, 0.1) is 6.61 Å². The molecule has 0 fully saturated rings. The first-order chi connectivity index (χ1) is 9.34. The summed E-state index contributed by atoms with van der Waals surface area (Å²) in [4.78, 5) is 22.9. The molecule has 0 bridgehead atoms. The van der Waals surface area contributed by atoms with Crippen molar-refractivity contribution in [2.45, 2.75) is 33.1 Å². The third-order valence-corrected chi connectivity index (χ3v) is 2.68. The second kappa shape index (κ2) is 6.93. The van der Waals surface area contributed by atoms with Crippen LogP contribution in [0.3, 0.4) is 0 Å². The number of carbonyl (C=O) groups excluding carboxylic acids is 2. The quantitative estimate of drug-likeness (QED) is 0.889. The maximum absolute atomic E-state index is 11.8. The Morgan fingerprint density at radius 3 is 2.45 bits per heavy atom. The fourth-order valence-corrected chi connectivity index (χ4v) is 1.78. The van der Waals surface area contributed by atoms with Crippen LogP contribution in [0.2, 0.25) is 0 Å². The van der Waals surface area contributed by atoms with Crippen LogP contribution in [0.4, 0.5) is 10.5 Å². The molecular formula is C15H22N2O3. The van der Waals surface area contributed by atoms with Gasteiger partial charge in [-0.15, -0.1) is 0 Å². The van der Waals surface area contributed by atoms with Gasteiger partial charge in [-0.3, -0.25) is 4.79 Å². The molecular weight excluding hydrogens is 256 g/mol.